The lowest BCUT2D eigenvalue weighted by molar-refractivity contribution is -0.166. The van der Waals surface area contributed by atoms with Crippen LogP contribution in [0.3, 0.4) is 0 Å². The molecule has 4 N–H and O–H groups in total. The first kappa shape index (κ1) is 16.2. The van der Waals surface area contributed by atoms with Crippen LogP contribution in [-0.2, 0) is 4.74 Å². The van der Waals surface area contributed by atoms with Gasteiger partial charge in [-0.05, 0) is 12.2 Å². The number of ether oxygens (including phenoxy) is 1. The van der Waals surface area contributed by atoms with Crippen LogP contribution in [0.25, 0.3) is 0 Å². The van der Waals surface area contributed by atoms with Crippen LogP contribution in [0.2, 0.25) is 0 Å². The third-order valence-electron chi connectivity index (χ3n) is 2.78. The van der Waals surface area contributed by atoms with Gasteiger partial charge in [0, 0.05) is 7.05 Å². The molecule has 4 unspecified atom stereocenters. The van der Waals surface area contributed by atoms with E-state index in [-0.39, 0.29) is 11.7 Å². The number of halogens is 3. The number of hydrogen-bond acceptors (Lipinski definition) is 4. The van der Waals surface area contributed by atoms with Crippen LogP contribution in [-0.4, -0.2) is 59.5 Å². The Bertz CT molecular complexity index is 364. The monoisotopic (exact) mass is 300 g/mol. The maximum Gasteiger partial charge on any atom is 0.414 e. The van der Waals surface area contributed by atoms with Gasteiger partial charge >= 0.3 is 6.18 Å². The highest BCUT2D eigenvalue weighted by Gasteiger charge is 2.47. The van der Waals surface area contributed by atoms with Crippen molar-refractivity contribution in [1.29, 1.82) is 0 Å². The average Bonchev–Trinajstić information content (AvgIpc) is 2.33. The van der Waals surface area contributed by atoms with Crippen molar-refractivity contribution in [1.82, 2.24) is 10.6 Å². The molecule has 1 fully saturated rings. The van der Waals surface area contributed by atoms with Crippen LogP contribution in [0.15, 0.2) is 12.2 Å². The Morgan fingerprint density at radius 3 is 2.42 bits per heavy atom. The van der Waals surface area contributed by atoms with Gasteiger partial charge in [0.1, 0.15) is 18.3 Å². The van der Waals surface area contributed by atoms with E-state index in [1.165, 1.54) is 7.05 Å². The topological polar surface area (TPSA) is 73.8 Å². The summed E-state index contributed by atoms with van der Waals surface area (Å²) < 4.78 is 42.4. The minimum atomic E-state index is -4.69. The van der Waals surface area contributed by atoms with Gasteiger partial charge in [-0.2, -0.15) is 13.2 Å². The fraction of sp³-hybridized carbons (Fsp3) is 0.700. The van der Waals surface area contributed by atoms with Crippen LogP contribution in [0, 0.1) is 0 Å². The molecule has 1 saturated heterocycles. The van der Waals surface area contributed by atoms with Crippen LogP contribution < -0.4 is 10.6 Å². The summed E-state index contributed by atoms with van der Waals surface area (Å²) in [5.41, 5.74) is -1.23. The maximum absolute atomic E-state index is 12.5. The molecule has 0 amide bonds. The van der Waals surface area contributed by atoms with Gasteiger partial charge in [0.2, 0.25) is 0 Å². The van der Waals surface area contributed by atoms with E-state index in [0.717, 1.165) is 0 Å². The number of alkyl halides is 3. The van der Waals surface area contributed by atoms with Crippen LogP contribution >= 0.6 is 12.2 Å². The van der Waals surface area contributed by atoms with Gasteiger partial charge in [-0.3, -0.25) is 0 Å². The van der Waals surface area contributed by atoms with Gasteiger partial charge in [-0.15, -0.1) is 0 Å². The molecule has 1 aliphatic heterocycles. The standard InChI is InChI=1S/C10H15F3N2O3S/c1-4(10(11,12)13)8-7(17)6(16)5(3-18-8)15-9(19)14-2/h5-8,16-17H,1,3H2,2H3,(H2,14,15,19). The van der Waals surface area contributed by atoms with E-state index in [4.69, 9.17) is 17.0 Å². The molecule has 0 bridgehead atoms. The number of aliphatic hydroxyl groups is 2. The van der Waals surface area contributed by atoms with Crippen molar-refractivity contribution in [3.8, 4) is 0 Å². The average molecular weight is 300 g/mol. The Hall–Kier alpha value is -0.900. The second-order valence-electron chi connectivity index (χ2n) is 4.09. The number of thiocarbonyl (C=S) groups is 1. The van der Waals surface area contributed by atoms with Crippen molar-refractivity contribution < 1.29 is 28.1 Å². The Morgan fingerprint density at radius 1 is 1.37 bits per heavy atom. The molecule has 0 saturated carbocycles. The molecule has 0 spiro atoms. The fourth-order valence-electron chi connectivity index (χ4n) is 1.66. The Balaban J connectivity index is 2.72. The second-order valence-corrected chi connectivity index (χ2v) is 4.50. The first-order chi connectivity index (χ1) is 8.68. The van der Waals surface area contributed by atoms with Crippen molar-refractivity contribution in [3.05, 3.63) is 12.2 Å². The molecule has 1 rings (SSSR count). The van der Waals surface area contributed by atoms with E-state index < -0.39 is 36.1 Å². The molecule has 110 valence electrons. The third-order valence-corrected chi connectivity index (χ3v) is 3.10. The maximum atomic E-state index is 12.5. The van der Waals surface area contributed by atoms with E-state index in [1.807, 2.05) is 0 Å². The molecule has 19 heavy (non-hydrogen) atoms. The molecular formula is C10H15F3N2O3S. The first-order valence-electron chi connectivity index (χ1n) is 5.40. The number of aliphatic hydroxyl groups excluding tert-OH is 2. The van der Waals surface area contributed by atoms with E-state index in [1.54, 1.807) is 0 Å². The normalized spacial score (nSPS) is 31.7. The number of rotatable bonds is 2. The van der Waals surface area contributed by atoms with E-state index in [9.17, 15) is 23.4 Å². The summed E-state index contributed by atoms with van der Waals surface area (Å²) in [6, 6.07) is -0.799. The van der Waals surface area contributed by atoms with Crippen molar-refractivity contribution >= 4 is 17.3 Å². The quantitative estimate of drug-likeness (QED) is 0.414. The summed E-state index contributed by atoms with van der Waals surface area (Å²) in [5.74, 6) is 0. The summed E-state index contributed by atoms with van der Waals surface area (Å²) in [6.45, 7) is 2.62. The van der Waals surface area contributed by atoms with Gasteiger partial charge < -0.3 is 25.6 Å². The van der Waals surface area contributed by atoms with Gasteiger partial charge in [0.05, 0.1) is 18.2 Å². The van der Waals surface area contributed by atoms with Crippen molar-refractivity contribution in [2.24, 2.45) is 0 Å². The summed E-state index contributed by atoms with van der Waals surface area (Å²) in [4.78, 5) is 0. The molecular weight excluding hydrogens is 285 g/mol. The molecule has 0 aliphatic carbocycles. The van der Waals surface area contributed by atoms with E-state index in [2.05, 4.69) is 17.2 Å². The highest BCUT2D eigenvalue weighted by molar-refractivity contribution is 7.80. The lowest BCUT2D eigenvalue weighted by Crippen LogP contribution is -2.61. The summed E-state index contributed by atoms with van der Waals surface area (Å²) >= 11 is 4.80. The van der Waals surface area contributed by atoms with Crippen LogP contribution in [0.5, 0.6) is 0 Å². The predicted octanol–water partition coefficient (Wildman–Crippen LogP) is -0.312. The highest BCUT2D eigenvalue weighted by Crippen LogP contribution is 2.32. The Kier molecular flexibility index (Phi) is 5.13. The lowest BCUT2D eigenvalue weighted by Gasteiger charge is -2.39. The fourth-order valence-corrected chi connectivity index (χ4v) is 1.81. The molecule has 1 heterocycles. The highest BCUT2D eigenvalue weighted by atomic mass is 32.1. The Morgan fingerprint density at radius 2 is 1.95 bits per heavy atom. The van der Waals surface area contributed by atoms with Gasteiger partial charge in [0.25, 0.3) is 0 Å². The van der Waals surface area contributed by atoms with Gasteiger partial charge in [0.15, 0.2) is 5.11 Å². The zero-order valence-corrected chi connectivity index (χ0v) is 10.9. The molecule has 0 aromatic heterocycles. The summed E-state index contributed by atoms with van der Waals surface area (Å²) in [6.07, 6.45) is -9.56. The van der Waals surface area contributed by atoms with Crippen LogP contribution in [0.1, 0.15) is 0 Å². The minimum Gasteiger partial charge on any atom is -0.388 e. The SMILES string of the molecule is C=C(C1OCC(NC(=S)NC)C(O)C1O)C(F)(F)F. The smallest absolute Gasteiger partial charge is 0.388 e. The number of hydrogen-bond donors (Lipinski definition) is 4. The molecule has 9 heteroatoms. The zero-order valence-electron chi connectivity index (χ0n) is 10.1. The summed E-state index contributed by atoms with van der Waals surface area (Å²) in [7, 11) is 1.54. The molecule has 1 aliphatic rings. The summed E-state index contributed by atoms with van der Waals surface area (Å²) in [5, 5.41) is 24.9. The lowest BCUT2D eigenvalue weighted by atomic mass is 9.93. The third kappa shape index (κ3) is 3.78. The minimum absolute atomic E-state index is 0.188. The van der Waals surface area contributed by atoms with E-state index >= 15 is 0 Å². The van der Waals surface area contributed by atoms with Crippen molar-refractivity contribution in [2.75, 3.05) is 13.7 Å². The molecule has 0 aromatic rings. The zero-order chi connectivity index (χ0) is 14.8. The molecule has 5 nitrogen and oxygen atoms in total. The molecule has 0 aromatic carbocycles. The van der Waals surface area contributed by atoms with Gasteiger partial charge in [-0.25, -0.2) is 0 Å². The van der Waals surface area contributed by atoms with E-state index in [0.29, 0.717) is 0 Å². The first-order valence-corrected chi connectivity index (χ1v) is 5.81. The largest absolute Gasteiger partial charge is 0.414 e. The molecule has 0 radical (unpaired) electrons. The number of nitrogens with one attached hydrogen (secondary N) is 2. The predicted molar refractivity (Wildman–Crippen MR) is 65.5 cm³/mol. The Labute approximate surface area is 113 Å². The van der Waals surface area contributed by atoms with Crippen molar-refractivity contribution in [3.63, 3.8) is 0 Å². The van der Waals surface area contributed by atoms with Crippen molar-refractivity contribution in [2.45, 2.75) is 30.5 Å². The van der Waals surface area contributed by atoms with Crippen LogP contribution in [0.4, 0.5) is 13.2 Å². The van der Waals surface area contributed by atoms with Gasteiger partial charge in [-0.1, -0.05) is 6.58 Å². The second kappa shape index (κ2) is 6.04. The molecule has 4 atom stereocenters.